The van der Waals surface area contributed by atoms with E-state index >= 15 is 0 Å². The summed E-state index contributed by atoms with van der Waals surface area (Å²) >= 11 is 4.33. The second kappa shape index (κ2) is 8.95. The van der Waals surface area contributed by atoms with E-state index in [1.54, 1.807) is 19.2 Å². The predicted octanol–water partition coefficient (Wildman–Crippen LogP) is 2.95. The molecule has 5 nitrogen and oxygen atoms in total. The van der Waals surface area contributed by atoms with Crippen LogP contribution in [-0.4, -0.2) is 43.0 Å². The summed E-state index contributed by atoms with van der Waals surface area (Å²) in [5.41, 5.74) is 1.56. The lowest BCUT2D eigenvalue weighted by Gasteiger charge is -2.32. The van der Waals surface area contributed by atoms with E-state index in [0.717, 1.165) is 24.2 Å². The fourth-order valence-corrected chi connectivity index (χ4v) is 3.49. The maximum atomic E-state index is 12.5. The molecule has 1 heterocycles. The fourth-order valence-electron chi connectivity index (χ4n) is 3.23. The molecular formula is C21H24N2O3S. The molecule has 27 heavy (non-hydrogen) atoms. The lowest BCUT2D eigenvalue weighted by molar-refractivity contribution is -0.131. The average molecular weight is 385 g/mol. The Morgan fingerprint density at radius 1 is 1.11 bits per heavy atom. The van der Waals surface area contributed by atoms with Crippen molar-refractivity contribution >= 4 is 24.4 Å². The second-order valence-corrected chi connectivity index (χ2v) is 7.15. The fraction of sp³-hybridized carbons (Fsp3) is 0.333. The number of rotatable bonds is 5. The summed E-state index contributed by atoms with van der Waals surface area (Å²) in [6, 6.07) is 14.9. The standard InChI is InChI=1S/C21H24N2O3S/c1-26-17-8-6-15(7-9-17)14-20(24)23-12-10-16(11-13-23)22-21(25)18-4-2-3-5-19(18)27/h2-9,16,27H,10-14H2,1H3,(H,22,25). The van der Waals surface area contributed by atoms with Gasteiger partial charge in [-0.05, 0) is 42.7 Å². The number of thiol groups is 1. The van der Waals surface area contributed by atoms with Crippen LogP contribution in [0.3, 0.4) is 0 Å². The first-order valence-electron chi connectivity index (χ1n) is 9.06. The Hall–Kier alpha value is -2.47. The van der Waals surface area contributed by atoms with Gasteiger partial charge in [-0.1, -0.05) is 24.3 Å². The van der Waals surface area contributed by atoms with Crippen molar-refractivity contribution in [2.75, 3.05) is 20.2 Å². The van der Waals surface area contributed by atoms with Crippen molar-refractivity contribution in [3.8, 4) is 5.75 Å². The number of hydrogen-bond donors (Lipinski definition) is 2. The van der Waals surface area contributed by atoms with Crippen molar-refractivity contribution < 1.29 is 14.3 Å². The first kappa shape index (κ1) is 19.3. The van der Waals surface area contributed by atoms with Crippen LogP contribution in [0, 0.1) is 0 Å². The molecule has 142 valence electrons. The number of likely N-dealkylation sites (tertiary alicyclic amines) is 1. The summed E-state index contributed by atoms with van der Waals surface area (Å²) in [6.07, 6.45) is 1.90. The molecule has 1 aliphatic heterocycles. The normalized spacial score (nSPS) is 14.7. The number of amides is 2. The van der Waals surface area contributed by atoms with E-state index in [4.69, 9.17) is 4.74 Å². The van der Waals surface area contributed by atoms with Crippen LogP contribution in [0.2, 0.25) is 0 Å². The molecule has 3 rings (SSSR count). The van der Waals surface area contributed by atoms with E-state index in [-0.39, 0.29) is 17.9 Å². The van der Waals surface area contributed by atoms with E-state index in [1.165, 1.54) is 0 Å². The summed E-state index contributed by atoms with van der Waals surface area (Å²) in [4.78, 5) is 27.4. The highest BCUT2D eigenvalue weighted by Crippen LogP contribution is 2.17. The summed E-state index contributed by atoms with van der Waals surface area (Å²) in [5.74, 6) is 0.791. The number of methoxy groups -OCH3 is 1. The monoisotopic (exact) mass is 384 g/mol. The van der Waals surface area contributed by atoms with E-state index in [0.29, 0.717) is 30.0 Å². The first-order chi connectivity index (χ1) is 13.1. The topological polar surface area (TPSA) is 58.6 Å². The molecule has 2 aromatic carbocycles. The molecular weight excluding hydrogens is 360 g/mol. The van der Waals surface area contributed by atoms with Gasteiger partial charge in [0, 0.05) is 24.0 Å². The van der Waals surface area contributed by atoms with Gasteiger partial charge in [0.05, 0.1) is 19.1 Å². The number of hydrogen-bond acceptors (Lipinski definition) is 4. The van der Waals surface area contributed by atoms with Crippen LogP contribution < -0.4 is 10.1 Å². The third kappa shape index (κ3) is 5.04. The Kier molecular flexibility index (Phi) is 6.40. The summed E-state index contributed by atoms with van der Waals surface area (Å²) < 4.78 is 5.14. The molecule has 1 fully saturated rings. The molecule has 6 heteroatoms. The van der Waals surface area contributed by atoms with Crippen molar-refractivity contribution in [1.82, 2.24) is 10.2 Å². The van der Waals surface area contributed by atoms with Gasteiger partial charge in [-0.25, -0.2) is 0 Å². The number of benzene rings is 2. The molecule has 0 bridgehead atoms. The van der Waals surface area contributed by atoms with Crippen LogP contribution in [-0.2, 0) is 11.2 Å². The van der Waals surface area contributed by atoms with Gasteiger partial charge in [0.15, 0.2) is 0 Å². The highest BCUT2D eigenvalue weighted by atomic mass is 32.1. The zero-order valence-corrected chi connectivity index (χ0v) is 16.2. The summed E-state index contributed by atoms with van der Waals surface area (Å²) in [6.45, 7) is 1.31. The average Bonchev–Trinajstić information content (AvgIpc) is 2.69. The van der Waals surface area contributed by atoms with Gasteiger partial charge in [-0.15, -0.1) is 12.6 Å². The molecule has 2 amide bonds. The Labute approximate surface area is 165 Å². The van der Waals surface area contributed by atoms with Crippen molar-refractivity contribution in [3.05, 3.63) is 59.7 Å². The molecule has 0 radical (unpaired) electrons. The maximum absolute atomic E-state index is 12.5. The van der Waals surface area contributed by atoms with E-state index < -0.39 is 0 Å². The van der Waals surface area contributed by atoms with Crippen LogP contribution in [0.25, 0.3) is 0 Å². The number of ether oxygens (including phenoxy) is 1. The third-order valence-electron chi connectivity index (χ3n) is 4.85. The van der Waals surface area contributed by atoms with E-state index in [2.05, 4.69) is 17.9 Å². The van der Waals surface area contributed by atoms with Crippen LogP contribution in [0.15, 0.2) is 53.4 Å². The van der Waals surface area contributed by atoms with Crippen LogP contribution in [0.1, 0.15) is 28.8 Å². The minimum Gasteiger partial charge on any atom is -0.497 e. The first-order valence-corrected chi connectivity index (χ1v) is 9.51. The molecule has 1 saturated heterocycles. The second-order valence-electron chi connectivity index (χ2n) is 6.67. The lowest BCUT2D eigenvalue weighted by atomic mass is 10.0. The van der Waals surface area contributed by atoms with Crippen LogP contribution in [0.5, 0.6) is 5.75 Å². The molecule has 0 atom stereocenters. The molecule has 0 aromatic heterocycles. The number of carbonyl (C=O) groups is 2. The molecule has 0 unspecified atom stereocenters. The minimum atomic E-state index is -0.108. The molecule has 0 spiro atoms. The van der Waals surface area contributed by atoms with Crippen molar-refractivity contribution in [2.24, 2.45) is 0 Å². The van der Waals surface area contributed by atoms with Crippen molar-refractivity contribution in [1.29, 1.82) is 0 Å². The van der Waals surface area contributed by atoms with Gasteiger partial charge < -0.3 is 15.0 Å². The summed E-state index contributed by atoms with van der Waals surface area (Å²) in [5, 5.41) is 3.06. The highest BCUT2D eigenvalue weighted by Gasteiger charge is 2.24. The minimum absolute atomic E-state index is 0.0791. The third-order valence-corrected chi connectivity index (χ3v) is 5.24. The lowest BCUT2D eigenvalue weighted by Crippen LogP contribution is -2.47. The maximum Gasteiger partial charge on any atom is 0.252 e. The Morgan fingerprint density at radius 2 is 1.78 bits per heavy atom. The van der Waals surface area contributed by atoms with Gasteiger partial charge in [0.25, 0.3) is 5.91 Å². The number of nitrogens with one attached hydrogen (secondary N) is 1. The van der Waals surface area contributed by atoms with Gasteiger partial charge in [-0.2, -0.15) is 0 Å². The quantitative estimate of drug-likeness (QED) is 0.780. The van der Waals surface area contributed by atoms with Gasteiger partial charge in [0.1, 0.15) is 5.75 Å². The van der Waals surface area contributed by atoms with E-state index in [9.17, 15) is 9.59 Å². The molecule has 0 saturated carbocycles. The smallest absolute Gasteiger partial charge is 0.252 e. The van der Waals surface area contributed by atoms with Gasteiger partial charge in [0.2, 0.25) is 5.91 Å². The number of nitrogens with zero attached hydrogens (tertiary/aromatic N) is 1. The Bertz CT molecular complexity index is 799. The molecule has 2 aromatic rings. The summed E-state index contributed by atoms with van der Waals surface area (Å²) in [7, 11) is 1.62. The van der Waals surface area contributed by atoms with Gasteiger partial charge in [-0.3, -0.25) is 9.59 Å². The molecule has 1 aliphatic rings. The predicted molar refractivity (Wildman–Crippen MR) is 107 cm³/mol. The van der Waals surface area contributed by atoms with Crippen molar-refractivity contribution in [3.63, 3.8) is 0 Å². The molecule has 0 aliphatic carbocycles. The van der Waals surface area contributed by atoms with E-state index in [1.807, 2.05) is 41.3 Å². The number of piperidine rings is 1. The zero-order valence-electron chi connectivity index (χ0n) is 15.4. The SMILES string of the molecule is COc1ccc(CC(=O)N2CCC(NC(=O)c3ccccc3S)CC2)cc1. The zero-order chi connectivity index (χ0) is 19.2. The molecule has 1 N–H and O–H groups in total. The largest absolute Gasteiger partial charge is 0.497 e. The Balaban J connectivity index is 1.48. The van der Waals surface area contributed by atoms with Crippen LogP contribution in [0.4, 0.5) is 0 Å². The van der Waals surface area contributed by atoms with Crippen LogP contribution >= 0.6 is 12.6 Å². The highest BCUT2D eigenvalue weighted by molar-refractivity contribution is 7.80. The van der Waals surface area contributed by atoms with Gasteiger partial charge >= 0.3 is 0 Å². The number of carbonyl (C=O) groups excluding carboxylic acids is 2. The Morgan fingerprint density at radius 3 is 2.41 bits per heavy atom. The van der Waals surface area contributed by atoms with Crippen molar-refractivity contribution in [2.45, 2.75) is 30.2 Å².